The fourth-order valence-electron chi connectivity index (χ4n) is 3.54. The van der Waals surface area contributed by atoms with E-state index in [1.807, 2.05) is 42.5 Å². The Morgan fingerprint density at radius 2 is 1.83 bits per heavy atom. The Morgan fingerprint density at radius 1 is 1.03 bits per heavy atom. The Bertz CT molecular complexity index is 818. The molecule has 6 heteroatoms. The van der Waals surface area contributed by atoms with E-state index in [-0.39, 0.29) is 12.1 Å². The second-order valence-electron chi connectivity index (χ2n) is 7.38. The van der Waals surface area contributed by atoms with Gasteiger partial charge in [0.25, 0.3) is 0 Å². The average molecular weight is 399 g/mol. The van der Waals surface area contributed by atoms with E-state index in [0.29, 0.717) is 13.1 Å². The van der Waals surface area contributed by atoms with Crippen molar-refractivity contribution in [2.24, 2.45) is 0 Å². The largest absolute Gasteiger partial charge is 0.497 e. The van der Waals surface area contributed by atoms with Gasteiger partial charge in [0.05, 0.1) is 20.3 Å². The molecular formula is C23H30N2O4. The molecule has 0 spiro atoms. The summed E-state index contributed by atoms with van der Waals surface area (Å²) < 4.78 is 16.8. The minimum absolute atomic E-state index is 0.137. The highest BCUT2D eigenvalue weighted by Gasteiger charge is 2.19. The molecule has 1 aliphatic carbocycles. The van der Waals surface area contributed by atoms with Gasteiger partial charge in [-0.1, -0.05) is 18.2 Å². The number of rotatable bonds is 8. The third-order valence-electron chi connectivity index (χ3n) is 5.17. The van der Waals surface area contributed by atoms with Crippen molar-refractivity contribution in [3.05, 3.63) is 53.6 Å². The number of nitrogens with one attached hydrogen (secondary N) is 1. The molecule has 1 aliphatic rings. The average Bonchev–Trinajstić information content (AvgIpc) is 3.25. The molecule has 1 fully saturated rings. The summed E-state index contributed by atoms with van der Waals surface area (Å²) in [5.74, 6) is 2.25. The molecule has 0 unspecified atom stereocenters. The lowest BCUT2D eigenvalue weighted by Gasteiger charge is -2.19. The molecule has 0 atom stereocenters. The van der Waals surface area contributed by atoms with E-state index in [4.69, 9.17) is 14.2 Å². The van der Waals surface area contributed by atoms with Crippen molar-refractivity contribution in [2.45, 2.75) is 44.9 Å². The van der Waals surface area contributed by atoms with Gasteiger partial charge >= 0.3 is 6.03 Å². The topological polar surface area (TPSA) is 60.0 Å². The molecule has 1 saturated carbocycles. The first kappa shape index (κ1) is 20.8. The molecule has 0 heterocycles. The van der Waals surface area contributed by atoms with E-state index in [1.165, 1.54) is 12.8 Å². The van der Waals surface area contributed by atoms with Crippen molar-refractivity contribution in [2.75, 3.05) is 21.3 Å². The van der Waals surface area contributed by atoms with Crippen LogP contribution in [0, 0.1) is 0 Å². The zero-order valence-electron chi connectivity index (χ0n) is 17.4. The third kappa shape index (κ3) is 5.79. The Morgan fingerprint density at radius 3 is 2.55 bits per heavy atom. The van der Waals surface area contributed by atoms with E-state index in [0.717, 1.165) is 41.2 Å². The summed E-state index contributed by atoms with van der Waals surface area (Å²) in [6.07, 6.45) is 4.84. The molecule has 0 saturated heterocycles. The van der Waals surface area contributed by atoms with Gasteiger partial charge in [0.2, 0.25) is 0 Å². The van der Waals surface area contributed by atoms with Crippen LogP contribution < -0.4 is 19.5 Å². The summed E-state index contributed by atoms with van der Waals surface area (Å²) in [4.78, 5) is 14.1. The van der Waals surface area contributed by atoms with E-state index >= 15 is 0 Å². The molecule has 0 aliphatic heterocycles. The second kappa shape index (κ2) is 10.0. The molecule has 0 aromatic heterocycles. The predicted molar refractivity (Wildman–Crippen MR) is 113 cm³/mol. The lowest BCUT2D eigenvalue weighted by molar-refractivity contribution is 0.200. The normalized spacial score (nSPS) is 13.8. The van der Waals surface area contributed by atoms with Gasteiger partial charge in [0.1, 0.15) is 5.75 Å². The molecule has 1 N–H and O–H groups in total. The second-order valence-corrected chi connectivity index (χ2v) is 7.38. The molecule has 6 nitrogen and oxygen atoms in total. The van der Waals surface area contributed by atoms with Crippen molar-refractivity contribution in [1.29, 1.82) is 0 Å². The van der Waals surface area contributed by atoms with Gasteiger partial charge in [0.15, 0.2) is 11.5 Å². The lowest BCUT2D eigenvalue weighted by Crippen LogP contribution is -2.36. The Labute approximate surface area is 172 Å². The highest BCUT2D eigenvalue weighted by molar-refractivity contribution is 5.73. The minimum atomic E-state index is -0.137. The molecule has 2 amide bonds. The number of amides is 2. The standard InChI is InChI=1S/C23H30N2O4/c1-25(16-18-7-6-10-20(13-18)27-2)23(26)24-15-17-11-12-21(28-3)22(14-17)29-19-8-4-5-9-19/h6-7,10-14,19H,4-5,8-9,15-16H2,1-3H3,(H,24,26). The summed E-state index contributed by atoms with van der Waals surface area (Å²) in [6.45, 7) is 0.925. The van der Waals surface area contributed by atoms with Crippen LogP contribution in [0.3, 0.4) is 0 Å². The first-order valence-electron chi connectivity index (χ1n) is 10.0. The number of carbonyl (C=O) groups is 1. The number of nitrogens with zero attached hydrogens (tertiary/aromatic N) is 1. The quantitative estimate of drug-likeness (QED) is 0.717. The van der Waals surface area contributed by atoms with E-state index in [1.54, 1.807) is 26.2 Å². The van der Waals surface area contributed by atoms with Crippen LogP contribution in [0.1, 0.15) is 36.8 Å². The first-order chi connectivity index (χ1) is 14.1. The highest BCUT2D eigenvalue weighted by atomic mass is 16.5. The zero-order valence-corrected chi connectivity index (χ0v) is 17.4. The smallest absolute Gasteiger partial charge is 0.317 e. The van der Waals surface area contributed by atoms with Gasteiger partial charge in [-0.3, -0.25) is 0 Å². The lowest BCUT2D eigenvalue weighted by atomic mass is 10.2. The van der Waals surface area contributed by atoms with Crippen molar-refractivity contribution in [1.82, 2.24) is 10.2 Å². The van der Waals surface area contributed by atoms with E-state index in [9.17, 15) is 4.79 Å². The van der Waals surface area contributed by atoms with Crippen LogP contribution in [0.2, 0.25) is 0 Å². The Hall–Kier alpha value is -2.89. The number of ether oxygens (including phenoxy) is 3. The Kier molecular flexibility index (Phi) is 7.22. The molecule has 2 aromatic carbocycles. The summed E-state index contributed by atoms with van der Waals surface area (Å²) in [6, 6.07) is 13.4. The van der Waals surface area contributed by atoms with Crippen molar-refractivity contribution >= 4 is 6.03 Å². The van der Waals surface area contributed by atoms with Crippen LogP contribution in [-0.2, 0) is 13.1 Å². The van der Waals surface area contributed by atoms with E-state index < -0.39 is 0 Å². The van der Waals surface area contributed by atoms with Crippen LogP contribution >= 0.6 is 0 Å². The van der Waals surface area contributed by atoms with Crippen LogP contribution in [0.4, 0.5) is 4.79 Å². The molecule has 2 aromatic rings. The highest BCUT2D eigenvalue weighted by Crippen LogP contribution is 2.32. The van der Waals surface area contributed by atoms with Crippen molar-refractivity contribution in [3.63, 3.8) is 0 Å². The van der Waals surface area contributed by atoms with Gasteiger partial charge in [-0.2, -0.15) is 0 Å². The van der Waals surface area contributed by atoms with Crippen LogP contribution in [0.5, 0.6) is 17.2 Å². The summed E-state index contributed by atoms with van der Waals surface area (Å²) >= 11 is 0. The number of carbonyl (C=O) groups excluding carboxylic acids is 1. The van der Waals surface area contributed by atoms with Crippen molar-refractivity contribution < 1.29 is 19.0 Å². The van der Waals surface area contributed by atoms with Crippen LogP contribution in [0.25, 0.3) is 0 Å². The minimum Gasteiger partial charge on any atom is -0.497 e. The molecule has 29 heavy (non-hydrogen) atoms. The maximum absolute atomic E-state index is 12.5. The van der Waals surface area contributed by atoms with Gasteiger partial charge in [-0.25, -0.2) is 4.79 Å². The van der Waals surface area contributed by atoms with Gasteiger partial charge in [-0.05, 0) is 61.1 Å². The third-order valence-corrected chi connectivity index (χ3v) is 5.17. The molecule has 156 valence electrons. The molecule has 0 bridgehead atoms. The monoisotopic (exact) mass is 398 g/mol. The zero-order chi connectivity index (χ0) is 20.6. The number of methoxy groups -OCH3 is 2. The SMILES string of the molecule is COc1cccc(CN(C)C(=O)NCc2ccc(OC)c(OC3CCCC3)c2)c1. The summed E-state index contributed by atoms with van der Waals surface area (Å²) in [5.41, 5.74) is 1.99. The van der Waals surface area contributed by atoms with Gasteiger partial charge in [0, 0.05) is 20.1 Å². The Balaban J connectivity index is 1.57. The van der Waals surface area contributed by atoms with Crippen LogP contribution in [-0.4, -0.2) is 38.3 Å². The predicted octanol–water partition coefficient (Wildman–Crippen LogP) is 4.37. The molecule has 3 rings (SSSR count). The van der Waals surface area contributed by atoms with E-state index in [2.05, 4.69) is 5.32 Å². The molecular weight excluding hydrogens is 368 g/mol. The van der Waals surface area contributed by atoms with Gasteiger partial charge < -0.3 is 24.4 Å². The summed E-state index contributed by atoms with van der Waals surface area (Å²) in [5, 5.41) is 2.97. The number of hydrogen-bond donors (Lipinski definition) is 1. The fourth-order valence-corrected chi connectivity index (χ4v) is 3.54. The first-order valence-corrected chi connectivity index (χ1v) is 10.0. The summed E-state index contributed by atoms with van der Waals surface area (Å²) in [7, 11) is 5.05. The van der Waals surface area contributed by atoms with Crippen LogP contribution in [0.15, 0.2) is 42.5 Å². The molecule has 0 radical (unpaired) electrons. The number of hydrogen-bond acceptors (Lipinski definition) is 4. The fraction of sp³-hybridized carbons (Fsp3) is 0.435. The number of benzene rings is 2. The number of urea groups is 1. The maximum Gasteiger partial charge on any atom is 0.317 e. The van der Waals surface area contributed by atoms with Crippen molar-refractivity contribution in [3.8, 4) is 17.2 Å². The maximum atomic E-state index is 12.5. The van der Waals surface area contributed by atoms with Gasteiger partial charge in [-0.15, -0.1) is 0 Å².